The van der Waals surface area contributed by atoms with Crippen LogP contribution in [0.15, 0.2) is 42.5 Å². The number of fused-ring (bicyclic) bond motifs is 1. The van der Waals surface area contributed by atoms with Crippen LogP contribution in [0.4, 0.5) is 0 Å². The minimum absolute atomic E-state index is 0.181. The number of methoxy groups -OCH3 is 1. The molecule has 0 fully saturated rings. The van der Waals surface area contributed by atoms with E-state index in [4.69, 9.17) is 4.74 Å². The average molecular weight is 295 g/mol. The van der Waals surface area contributed by atoms with Crippen molar-refractivity contribution in [2.75, 3.05) is 7.11 Å². The van der Waals surface area contributed by atoms with Gasteiger partial charge in [-0.05, 0) is 24.6 Å². The number of phenols is 1. The van der Waals surface area contributed by atoms with Gasteiger partial charge < -0.3 is 14.8 Å². The van der Waals surface area contributed by atoms with Gasteiger partial charge >= 0.3 is 5.97 Å². The topological polar surface area (TPSA) is 62.3 Å². The second-order valence-corrected chi connectivity index (χ2v) is 5.26. The molecule has 1 aromatic heterocycles. The van der Waals surface area contributed by atoms with E-state index in [1.54, 1.807) is 12.1 Å². The Morgan fingerprint density at radius 3 is 2.59 bits per heavy atom. The summed E-state index contributed by atoms with van der Waals surface area (Å²) in [5, 5.41) is 11.0. The fourth-order valence-corrected chi connectivity index (χ4v) is 2.81. The van der Waals surface area contributed by atoms with Crippen molar-refractivity contribution in [3.05, 3.63) is 64.8 Å². The maximum atomic E-state index is 12.1. The highest BCUT2D eigenvalue weighted by Crippen LogP contribution is 2.33. The number of aromatic nitrogens is 1. The highest BCUT2D eigenvalue weighted by atomic mass is 16.5. The zero-order valence-corrected chi connectivity index (χ0v) is 12.5. The van der Waals surface area contributed by atoms with E-state index in [1.807, 2.05) is 37.3 Å². The molecular formula is C18H17NO3. The summed E-state index contributed by atoms with van der Waals surface area (Å²) in [6, 6.07) is 13.3. The molecule has 0 aliphatic heterocycles. The van der Waals surface area contributed by atoms with Crippen LogP contribution in [0.2, 0.25) is 0 Å². The summed E-state index contributed by atoms with van der Waals surface area (Å²) in [4.78, 5) is 15.3. The number of hydrogen-bond donors (Lipinski definition) is 2. The molecule has 0 amide bonds. The fraction of sp³-hybridized carbons (Fsp3) is 0.167. The first-order valence-corrected chi connectivity index (χ1v) is 7.07. The molecule has 0 bridgehead atoms. The van der Waals surface area contributed by atoms with Crippen LogP contribution in [-0.2, 0) is 11.2 Å². The molecule has 0 radical (unpaired) electrons. The molecule has 0 aliphatic rings. The van der Waals surface area contributed by atoms with Gasteiger partial charge in [-0.2, -0.15) is 0 Å². The smallest absolute Gasteiger partial charge is 0.340 e. The number of benzene rings is 2. The van der Waals surface area contributed by atoms with Gasteiger partial charge in [-0.1, -0.05) is 30.3 Å². The summed E-state index contributed by atoms with van der Waals surface area (Å²) in [6.07, 6.45) is 0.547. The van der Waals surface area contributed by atoms with Crippen LogP contribution in [0.3, 0.4) is 0 Å². The van der Waals surface area contributed by atoms with E-state index in [2.05, 4.69) is 4.98 Å². The molecular weight excluding hydrogens is 278 g/mol. The lowest BCUT2D eigenvalue weighted by Gasteiger charge is -2.09. The molecule has 0 aliphatic carbocycles. The fourth-order valence-electron chi connectivity index (χ4n) is 2.81. The number of esters is 1. The van der Waals surface area contributed by atoms with Crippen molar-refractivity contribution in [1.29, 1.82) is 0 Å². The predicted octanol–water partition coefficient (Wildman–Crippen LogP) is 3.56. The van der Waals surface area contributed by atoms with Crippen LogP contribution < -0.4 is 0 Å². The van der Waals surface area contributed by atoms with Crippen LogP contribution in [0.25, 0.3) is 10.9 Å². The zero-order chi connectivity index (χ0) is 15.7. The third-order valence-electron chi connectivity index (χ3n) is 3.85. The van der Waals surface area contributed by atoms with Crippen molar-refractivity contribution in [2.24, 2.45) is 0 Å². The molecule has 112 valence electrons. The van der Waals surface area contributed by atoms with Gasteiger partial charge in [0.25, 0.3) is 0 Å². The SMILES string of the molecule is COC(=O)c1c(C)[nH]c2ccc(O)c(Cc3ccccc3)c12. The predicted molar refractivity (Wildman–Crippen MR) is 85.3 cm³/mol. The Balaban J connectivity index is 2.24. The van der Waals surface area contributed by atoms with E-state index in [-0.39, 0.29) is 5.75 Å². The van der Waals surface area contributed by atoms with Gasteiger partial charge in [-0.15, -0.1) is 0 Å². The number of ether oxygens (including phenoxy) is 1. The summed E-state index contributed by atoms with van der Waals surface area (Å²) in [5.74, 6) is -0.218. The molecule has 4 nitrogen and oxygen atoms in total. The quantitative estimate of drug-likeness (QED) is 0.726. The average Bonchev–Trinajstić information content (AvgIpc) is 2.87. The summed E-state index contributed by atoms with van der Waals surface area (Å²) in [7, 11) is 1.36. The maximum absolute atomic E-state index is 12.1. The number of aromatic hydroxyl groups is 1. The third kappa shape index (κ3) is 2.33. The number of nitrogens with one attached hydrogen (secondary N) is 1. The van der Waals surface area contributed by atoms with E-state index in [9.17, 15) is 9.90 Å². The number of carbonyl (C=O) groups is 1. The molecule has 3 rings (SSSR count). The van der Waals surface area contributed by atoms with Crippen molar-refractivity contribution < 1.29 is 14.6 Å². The van der Waals surface area contributed by atoms with E-state index in [1.165, 1.54) is 7.11 Å². The molecule has 0 spiro atoms. The molecule has 0 atom stereocenters. The van der Waals surface area contributed by atoms with Crippen molar-refractivity contribution in [2.45, 2.75) is 13.3 Å². The lowest BCUT2D eigenvalue weighted by atomic mass is 9.97. The molecule has 0 saturated heterocycles. The number of hydrogen-bond acceptors (Lipinski definition) is 3. The second kappa shape index (κ2) is 5.56. The summed E-state index contributed by atoms with van der Waals surface area (Å²) in [6.45, 7) is 1.83. The summed E-state index contributed by atoms with van der Waals surface area (Å²) in [5.41, 5.74) is 3.84. The Kier molecular flexibility index (Phi) is 3.59. The van der Waals surface area contributed by atoms with Crippen LogP contribution in [-0.4, -0.2) is 23.2 Å². The van der Waals surface area contributed by atoms with Crippen molar-refractivity contribution >= 4 is 16.9 Å². The number of carbonyl (C=O) groups excluding carboxylic acids is 1. The molecule has 2 aromatic carbocycles. The Morgan fingerprint density at radius 1 is 1.18 bits per heavy atom. The van der Waals surface area contributed by atoms with E-state index in [0.717, 1.165) is 27.7 Å². The van der Waals surface area contributed by atoms with Gasteiger partial charge in [0.2, 0.25) is 0 Å². The Bertz CT molecular complexity index is 834. The van der Waals surface area contributed by atoms with Crippen LogP contribution >= 0.6 is 0 Å². The Hall–Kier alpha value is -2.75. The molecule has 0 saturated carbocycles. The van der Waals surface area contributed by atoms with E-state index in [0.29, 0.717) is 12.0 Å². The number of phenolic OH excluding ortho intramolecular Hbond substituents is 1. The summed E-state index contributed by atoms with van der Waals surface area (Å²) < 4.78 is 4.89. The molecule has 2 N–H and O–H groups in total. The van der Waals surface area contributed by atoms with Crippen molar-refractivity contribution in [3.63, 3.8) is 0 Å². The Labute approximate surface area is 128 Å². The molecule has 4 heteroatoms. The van der Waals surface area contributed by atoms with Gasteiger partial charge in [0.05, 0.1) is 12.7 Å². The minimum Gasteiger partial charge on any atom is -0.508 e. The van der Waals surface area contributed by atoms with Crippen molar-refractivity contribution in [3.8, 4) is 5.75 Å². The van der Waals surface area contributed by atoms with Gasteiger partial charge in [0.1, 0.15) is 5.75 Å². The van der Waals surface area contributed by atoms with Crippen molar-refractivity contribution in [1.82, 2.24) is 4.98 Å². The van der Waals surface area contributed by atoms with E-state index >= 15 is 0 Å². The highest BCUT2D eigenvalue weighted by molar-refractivity contribution is 6.07. The van der Waals surface area contributed by atoms with Gasteiger partial charge in [0, 0.05) is 28.6 Å². The first-order chi connectivity index (χ1) is 10.6. The normalized spacial score (nSPS) is 10.8. The van der Waals surface area contributed by atoms with E-state index < -0.39 is 5.97 Å². The monoisotopic (exact) mass is 295 g/mol. The highest BCUT2D eigenvalue weighted by Gasteiger charge is 2.21. The standard InChI is InChI=1S/C18H17NO3/c1-11-16(18(21)22-2)17-13(10-12-6-4-3-5-7-12)15(20)9-8-14(17)19-11/h3-9,19-20H,10H2,1-2H3. The van der Waals surface area contributed by atoms with Crippen LogP contribution in [0.1, 0.15) is 27.2 Å². The number of aryl methyl sites for hydroxylation is 1. The number of aromatic amines is 1. The first-order valence-electron chi connectivity index (χ1n) is 7.07. The molecule has 1 heterocycles. The maximum Gasteiger partial charge on any atom is 0.340 e. The second-order valence-electron chi connectivity index (χ2n) is 5.26. The molecule has 0 unspecified atom stereocenters. The van der Waals surface area contributed by atoms with Gasteiger partial charge in [-0.3, -0.25) is 0 Å². The Morgan fingerprint density at radius 2 is 1.91 bits per heavy atom. The number of H-pyrrole nitrogens is 1. The summed E-state index contributed by atoms with van der Waals surface area (Å²) >= 11 is 0. The first kappa shape index (κ1) is 14.2. The zero-order valence-electron chi connectivity index (χ0n) is 12.5. The number of rotatable bonds is 3. The largest absolute Gasteiger partial charge is 0.508 e. The third-order valence-corrected chi connectivity index (χ3v) is 3.85. The van der Waals surface area contributed by atoms with Gasteiger partial charge in [0.15, 0.2) is 0 Å². The van der Waals surface area contributed by atoms with Crippen LogP contribution in [0.5, 0.6) is 5.75 Å². The van der Waals surface area contributed by atoms with Crippen LogP contribution in [0, 0.1) is 6.92 Å². The molecule has 22 heavy (non-hydrogen) atoms. The lowest BCUT2D eigenvalue weighted by molar-refractivity contribution is 0.0602. The lowest BCUT2D eigenvalue weighted by Crippen LogP contribution is -2.03. The molecule has 3 aromatic rings. The minimum atomic E-state index is -0.399. The van der Waals surface area contributed by atoms with Gasteiger partial charge in [-0.25, -0.2) is 4.79 Å².